The fourth-order valence-electron chi connectivity index (χ4n) is 2.87. The van der Waals surface area contributed by atoms with Crippen LogP contribution < -0.4 is 4.74 Å². The van der Waals surface area contributed by atoms with Gasteiger partial charge in [-0.05, 0) is 58.4 Å². The zero-order valence-corrected chi connectivity index (χ0v) is 17.0. The minimum Gasteiger partial charge on any atom is -0.496 e. The number of benzene rings is 2. The Morgan fingerprint density at radius 1 is 1.07 bits per heavy atom. The Morgan fingerprint density at radius 2 is 1.70 bits per heavy atom. The molecule has 1 heterocycles. The highest BCUT2D eigenvalue weighted by molar-refractivity contribution is 9.10. The second kappa shape index (κ2) is 7.95. The van der Waals surface area contributed by atoms with Gasteiger partial charge in [-0.3, -0.25) is 4.79 Å². The van der Waals surface area contributed by atoms with Gasteiger partial charge in [0, 0.05) is 31.7 Å². The maximum Gasteiger partial charge on any atom is 0.253 e. The number of sulfonamides is 1. The highest BCUT2D eigenvalue weighted by Gasteiger charge is 2.30. The summed E-state index contributed by atoms with van der Waals surface area (Å²) in [6.45, 7) is 0.928. The molecule has 0 N–H and O–H groups in total. The molecular formula is C18H18BrFN2O4S. The van der Waals surface area contributed by atoms with Crippen molar-refractivity contribution in [3.63, 3.8) is 0 Å². The number of halogens is 2. The molecule has 0 aliphatic carbocycles. The number of piperazine rings is 1. The summed E-state index contributed by atoms with van der Waals surface area (Å²) in [5.41, 5.74) is 0.498. The first-order valence-electron chi connectivity index (χ1n) is 8.21. The molecule has 0 spiro atoms. The molecule has 27 heavy (non-hydrogen) atoms. The second-order valence-corrected chi connectivity index (χ2v) is 8.79. The third-order valence-corrected chi connectivity index (χ3v) is 6.91. The van der Waals surface area contributed by atoms with E-state index in [9.17, 15) is 17.6 Å². The quantitative estimate of drug-likeness (QED) is 0.709. The van der Waals surface area contributed by atoms with Crippen LogP contribution in [0.15, 0.2) is 51.8 Å². The summed E-state index contributed by atoms with van der Waals surface area (Å²) in [5.74, 6) is -0.0334. The van der Waals surface area contributed by atoms with Gasteiger partial charge in [0.25, 0.3) is 5.91 Å². The number of nitrogens with zero attached hydrogens (tertiary/aromatic N) is 2. The Labute approximate surface area is 165 Å². The van der Waals surface area contributed by atoms with Crippen LogP contribution in [-0.4, -0.2) is 56.8 Å². The van der Waals surface area contributed by atoms with Gasteiger partial charge in [0.1, 0.15) is 11.6 Å². The molecule has 0 aromatic heterocycles. The summed E-state index contributed by atoms with van der Waals surface area (Å²) < 4.78 is 45.5. The van der Waals surface area contributed by atoms with Crippen molar-refractivity contribution in [3.8, 4) is 5.75 Å². The summed E-state index contributed by atoms with van der Waals surface area (Å²) in [6.07, 6.45) is 0. The van der Waals surface area contributed by atoms with E-state index >= 15 is 0 Å². The fourth-order valence-corrected chi connectivity index (χ4v) is 4.83. The molecule has 3 rings (SSSR count). The third-order valence-electron chi connectivity index (χ3n) is 4.38. The van der Waals surface area contributed by atoms with Crippen molar-refractivity contribution in [2.24, 2.45) is 0 Å². The third kappa shape index (κ3) is 4.15. The molecule has 0 unspecified atom stereocenters. The number of carbonyl (C=O) groups is 1. The lowest BCUT2D eigenvalue weighted by atomic mass is 10.2. The molecule has 2 aromatic carbocycles. The van der Waals surface area contributed by atoms with Crippen molar-refractivity contribution in [2.45, 2.75) is 4.90 Å². The van der Waals surface area contributed by atoms with Crippen molar-refractivity contribution >= 4 is 31.9 Å². The standard InChI is InChI=1S/C18H18BrFN2O4S/c1-26-17-7-2-13(12-16(17)19)18(23)21-8-10-22(11-9-21)27(24,25)15-5-3-14(20)4-6-15/h2-7,12H,8-11H2,1H3. The molecule has 144 valence electrons. The van der Waals surface area contributed by atoms with E-state index in [4.69, 9.17) is 4.74 Å². The molecule has 1 aliphatic rings. The van der Waals surface area contributed by atoms with Gasteiger partial charge >= 0.3 is 0 Å². The average molecular weight is 457 g/mol. The van der Waals surface area contributed by atoms with Gasteiger partial charge in [0.15, 0.2) is 0 Å². The van der Waals surface area contributed by atoms with Crippen LogP contribution in [-0.2, 0) is 10.0 Å². The largest absolute Gasteiger partial charge is 0.496 e. The zero-order chi connectivity index (χ0) is 19.6. The molecule has 1 aliphatic heterocycles. The molecule has 0 saturated carbocycles. The number of carbonyl (C=O) groups excluding carboxylic acids is 1. The van der Waals surface area contributed by atoms with E-state index < -0.39 is 15.8 Å². The summed E-state index contributed by atoms with van der Waals surface area (Å²) in [7, 11) is -2.16. The van der Waals surface area contributed by atoms with E-state index in [1.54, 1.807) is 30.2 Å². The second-order valence-electron chi connectivity index (χ2n) is 6.00. The molecule has 0 atom stereocenters. The van der Waals surface area contributed by atoms with Crippen LogP contribution in [0.2, 0.25) is 0 Å². The molecule has 9 heteroatoms. The van der Waals surface area contributed by atoms with Gasteiger partial charge in [0.05, 0.1) is 16.5 Å². The van der Waals surface area contributed by atoms with Crippen LogP contribution >= 0.6 is 15.9 Å². The van der Waals surface area contributed by atoms with Crippen molar-refractivity contribution < 1.29 is 22.3 Å². The van der Waals surface area contributed by atoms with Crippen LogP contribution in [0.4, 0.5) is 4.39 Å². The SMILES string of the molecule is COc1ccc(C(=O)N2CCN(S(=O)(=O)c3ccc(F)cc3)CC2)cc1Br. The zero-order valence-electron chi connectivity index (χ0n) is 14.6. The topological polar surface area (TPSA) is 66.9 Å². The van der Waals surface area contributed by atoms with Crippen LogP contribution in [0, 0.1) is 5.82 Å². The van der Waals surface area contributed by atoms with Crippen LogP contribution in [0.25, 0.3) is 0 Å². The summed E-state index contributed by atoms with van der Waals surface area (Å²) >= 11 is 3.36. The number of hydrogen-bond donors (Lipinski definition) is 0. The first-order chi connectivity index (χ1) is 12.8. The van der Waals surface area contributed by atoms with Gasteiger partial charge in [-0.2, -0.15) is 4.31 Å². The lowest BCUT2D eigenvalue weighted by molar-refractivity contribution is 0.0698. The Morgan fingerprint density at radius 3 is 2.26 bits per heavy atom. The van der Waals surface area contributed by atoms with E-state index in [0.717, 1.165) is 12.1 Å². The number of amides is 1. The summed E-state index contributed by atoms with van der Waals surface area (Å²) in [5, 5.41) is 0. The van der Waals surface area contributed by atoms with Crippen molar-refractivity contribution in [3.05, 3.63) is 58.3 Å². The number of methoxy groups -OCH3 is 1. The van der Waals surface area contributed by atoms with Gasteiger partial charge < -0.3 is 9.64 Å². The smallest absolute Gasteiger partial charge is 0.253 e. The summed E-state index contributed by atoms with van der Waals surface area (Å²) in [6, 6.07) is 9.79. The highest BCUT2D eigenvalue weighted by Crippen LogP contribution is 2.26. The lowest BCUT2D eigenvalue weighted by Crippen LogP contribution is -2.50. The van der Waals surface area contributed by atoms with E-state index in [1.165, 1.54) is 16.4 Å². The lowest BCUT2D eigenvalue weighted by Gasteiger charge is -2.34. The molecular weight excluding hydrogens is 439 g/mol. The van der Waals surface area contributed by atoms with E-state index in [1.807, 2.05) is 0 Å². The number of ether oxygens (including phenoxy) is 1. The first-order valence-corrected chi connectivity index (χ1v) is 10.4. The minimum absolute atomic E-state index is 0.0442. The normalized spacial score (nSPS) is 15.6. The Hall–Kier alpha value is -1.97. The molecule has 0 bridgehead atoms. The van der Waals surface area contributed by atoms with Gasteiger partial charge in [-0.1, -0.05) is 0 Å². The molecule has 1 amide bonds. The fraction of sp³-hybridized carbons (Fsp3) is 0.278. The molecule has 2 aromatic rings. The number of hydrogen-bond acceptors (Lipinski definition) is 4. The monoisotopic (exact) mass is 456 g/mol. The van der Waals surface area contributed by atoms with Crippen molar-refractivity contribution in [1.29, 1.82) is 0 Å². The van der Waals surface area contributed by atoms with E-state index in [2.05, 4.69) is 15.9 Å². The maximum absolute atomic E-state index is 13.0. The molecule has 6 nitrogen and oxygen atoms in total. The first kappa shape index (κ1) is 19.8. The predicted molar refractivity (Wildman–Crippen MR) is 102 cm³/mol. The van der Waals surface area contributed by atoms with E-state index in [0.29, 0.717) is 15.8 Å². The maximum atomic E-state index is 13.0. The molecule has 1 saturated heterocycles. The molecule has 1 fully saturated rings. The van der Waals surface area contributed by atoms with Crippen LogP contribution in [0.5, 0.6) is 5.75 Å². The van der Waals surface area contributed by atoms with Gasteiger partial charge in [-0.25, -0.2) is 12.8 Å². The summed E-state index contributed by atoms with van der Waals surface area (Å²) in [4.78, 5) is 14.3. The van der Waals surface area contributed by atoms with Crippen molar-refractivity contribution in [1.82, 2.24) is 9.21 Å². The van der Waals surface area contributed by atoms with Crippen LogP contribution in [0.3, 0.4) is 0 Å². The predicted octanol–water partition coefficient (Wildman–Crippen LogP) is 2.74. The van der Waals surface area contributed by atoms with E-state index in [-0.39, 0.29) is 37.0 Å². The number of rotatable bonds is 4. The Balaban J connectivity index is 1.68. The Bertz CT molecular complexity index is 942. The van der Waals surface area contributed by atoms with Crippen LogP contribution in [0.1, 0.15) is 10.4 Å². The Kier molecular flexibility index (Phi) is 5.83. The average Bonchev–Trinajstić information content (AvgIpc) is 2.68. The minimum atomic E-state index is -3.70. The molecule has 0 radical (unpaired) electrons. The van der Waals surface area contributed by atoms with Crippen molar-refractivity contribution in [2.75, 3.05) is 33.3 Å². The van der Waals surface area contributed by atoms with Gasteiger partial charge in [0.2, 0.25) is 10.0 Å². The van der Waals surface area contributed by atoms with Gasteiger partial charge in [-0.15, -0.1) is 0 Å². The highest BCUT2D eigenvalue weighted by atomic mass is 79.9.